The Morgan fingerprint density at radius 2 is 1.83 bits per heavy atom. The minimum absolute atomic E-state index is 0.0669. The molecule has 2 rings (SSSR count). The lowest BCUT2D eigenvalue weighted by atomic mass is 10.1. The first-order valence-corrected chi connectivity index (χ1v) is 5.36. The van der Waals surface area contributed by atoms with Gasteiger partial charge in [0, 0.05) is 5.56 Å². The molecule has 0 saturated heterocycles. The van der Waals surface area contributed by atoms with Crippen LogP contribution in [0.5, 0.6) is 5.75 Å². The van der Waals surface area contributed by atoms with E-state index in [0.717, 1.165) is 11.6 Å². The third-order valence-electron chi connectivity index (χ3n) is 2.48. The highest BCUT2D eigenvalue weighted by molar-refractivity contribution is 5.74. The van der Waals surface area contributed by atoms with E-state index in [1.165, 1.54) is 6.07 Å². The van der Waals surface area contributed by atoms with E-state index >= 15 is 0 Å². The molecule has 0 heterocycles. The van der Waals surface area contributed by atoms with Crippen LogP contribution >= 0.6 is 0 Å². The molecular formula is C15H10FNO. The summed E-state index contributed by atoms with van der Waals surface area (Å²) >= 11 is 0. The van der Waals surface area contributed by atoms with Crippen LogP contribution in [0.4, 0.5) is 4.39 Å². The fourth-order valence-electron chi connectivity index (χ4n) is 1.58. The van der Waals surface area contributed by atoms with Crippen molar-refractivity contribution in [3.8, 4) is 11.8 Å². The van der Waals surface area contributed by atoms with Gasteiger partial charge in [0.2, 0.25) is 0 Å². The number of phenols is 1. The maximum Gasteiger partial charge on any atom is 0.140 e. The lowest BCUT2D eigenvalue weighted by molar-refractivity contribution is 0.470. The first kappa shape index (κ1) is 11.9. The maximum atomic E-state index is 13.2. The monoisotopic (exact) mass is 239 g/mol. The number of phenolic OH excluding ortho intramolecular Hbond substituents is 1. The largest absolute Gasteiger partial charge is 0.506 e. The van der Waals surface area contributed by atoms with Gasteiger partial charge in [-0.05, 0) is 17.7 Å². The summed E-state index contributed by atoms with van der Waals surface area (Å²) in [7, 11) is 0. The second kappa shape index (κ2) is 5.15. The molecule has 0 atom stereocenters. The normalized spacial score (nSPS) is 10.4. The second-order valence-corrected chi connectivity index (χ2v) is 3.75. The van der Waals surface area contributed by atoms with Crippen LogP contribution in [0.25, 0.3) is 12.2 Å². The predicted octanol–water partition coefficient (Wildman–Crippen LogP) is 3.57. The quantitative estimate of drug-likeness (QED) is 0.814. The highest BCUT2D eigenvalue weighted by Gasteiger charge is 2.07. The fourth-order valence-corrected chi connectivity index (χ4v) is 1.58. The van der Waals surface area contributed by atoms with Crippen LogP contribution in [0, 0.1) is 17.1 Å². The van der Waals surface area contributed by atoms with Crippen molar-refractivity contribution in [1.29, 1.82) is 5.26 Å². The number of nitriles is 1. The van der Waals surface area contributed by atoms with Gasteiger partial charge in [-0.25, -0.2) is 4.39 Å². The maximum absolute atomic E-state index is 13.2. The van der Waals surface area contributed by atoms with Gasteiger partial charge in [0.05, 0.1) is 5.56 Å². The zero-order chi connectivity index (χ0) is 13.0. The van der Waals surface area contributed by atoms with Gasteiger partial charge in [0.25, 0.3) is 0 Å². The topological polar surface area (TPSA) is 44.0 Å². The van der Waals surface area contributed by atoms with Crippen molar-refractivity contribution in [3.05, 3.63) is 65.0 Å². The molecule has 88 valence electrons. The van der Waals surface area contributed by atoms with Crippen LogP contribution in [0.3, 0.4) is 0 Å². The van der Waals surface area contributed by atoms with Crippen LogP contribution in [0.1, 0.15) is 16.7 Å². The number of rotatable bonds is 2. The van der Waals surface area contributed by atoms with Gasteiger partial charge in [0.15, 0.2) is 0 Å². The summed E-state index contributed by atoms with van der Waals surface area (Å²) in [6.45, 7) is 0. The first-order chi connectivity index (χ1) is 8.70. The van der Waals surface area contributed by atoms with Crippen molar-refractivity contribution in [3.63, 3.8) is 0 Å². The third-order valence-corrected chi connectivity index (χ3v) is 2.48. The Bertz CT molecular complexity index is 627. The number of hydrogen-bond donors (Lipinski definition) is 1. The lowest BCUT2D eigenvalue weighted by Crippen LogP contribution is -1.85. The van der Waals surface area contributed by atoms with Crippen molar-refractivity contribution >= 4 is 12.2 Å². The Morgan fingerprint density at radius 1 is 1.11 bits per heavy atom. The fraction of sp³-hybridized carbons (Fsp3) is 0. The van der Waals surface area contributed by atoms with Crippen LogP contribution in [0.15, 0.2) is 42.5 Å². The van der Waals surface area contributed by atoms with E-state index in [9.17, 15) is 9.50 Å². The van der Waals surface area contributed by atoms with E-state index in [0.29, 0.717) is 0 Å². The zero-order valence-corrected chi connectivity index (χ0v) is 9.47. The van der Waals surface area contributed by atoms with E-state index in [1.807, 2.05) is 30.3 Å². The molecule has 2 aromatic carbocycles. The van der Waals surface area contributed by atoms with Crippen molar-refractivity contribution in [2.24, 2.45) is 0 Å². The molecule has 2 nitrogen and oxygen atoms in total. The predicted molar refractivity (Wildman–Crippen MR) is 68.1 cm³/mol. The average Bonchev–Trinajstić information content (AvgIpc) is 2.40. The van der Waals surface area contributed by atoms with Gasteiger partial charge in [0.1, 0.15) is 17.6 Å². The average molecular weight is 239 g/mol. The Hall–Kier alpha value is -2.60. The molecular weight excluding hydrogens is 229 g/mol. The number of nitrogens with zero attached hydrogens (tertiary/aromatic N) is 1. The molecule has 0 amide bonds. The molecule has 0 aromatic heterocycles. The Balaban J connectivity index is 2.38. The molecule has 0 aliphatic rings. The van der Waals surface area contributed by atoms with E-state index in [-0.39, 0.29) is 16.9 Å². The summed E-state index contributed by atoms with van der Waals surface area (Å²) in [5, 5.41) is 18.5. The summed E-state index contributed by atoms with van der Waals surface area (Å²) in [6.07, 6.45) is 3.32. The molecule has 3 heteroatoms. The molecule has 0 spiro atoms. The van der Waals surface area contributed by atoms with Gasteiger partial charge in [-0.1, -0.05) is 42.5 Å². The zero-order valence-electron chi connectivity index (χ0n) is 9.47. The van der Waals surface area contributed by atoms with Gasteiger partial charge in [-0.2, -0.15) is 5.26 Å². The molecule has 0 radical (unpaired) electrons. The van der Waals surface area contributed by atoms with Gasteiger partial charge < -0.3 is 5.11 Å². The summed E-state index contributed by atoms with van der Waals surface area (Å²) in [6, 6.07) is 13.4. The standard InChI is InChI=1S/C15H10FNO/c16-14-8-12(15(18)13(9-14)10-17)7-6-11-4-2-1-3-5-11/h1-9,18H/b7-6+. The van der Waals surface area contributed by atoms with Crippen molar-refractivity contribution < 1.29 is 9.50 Å². The summed E-state index contributed by atoms with van der Waals surface area (Å²) in [5.41, 5.74) is 1.15. The van der Waals surface area contributed by atoms with Crippen molar-refractivity contribution in [1.82, 2.24) is 0 Å². The van der Waals surface area contributed by atoms with E-state index in [1.54, 1.807) is 18.2 Å². The highest BCUT2D eigenvalue weighted by Crippen LogP contribution is 2.25. The van der Waals surface area contributed by atoms with Gasteiger partial charge in [-0.15, -0.1) is 0 Å². The molecule has 0 aliphatic carbocycles. The van der Waals surface area contributed by atoms with Crippen LogP contribution in [-0.4, -0.2) is 5.11 Å². The van der Waals surface area contributed by atoms with Gasteiger partial charge in [-0.3, -0.25) is 0 Å². The highest BCUT2D eigenvalue weighted by atomic mass is 19.1. The number of hydrogen-bond acceptors (Lipinski definition) is 2. The SMILES string of the molecule is N#Cc1cc(F)cc(/C=C/c2ccccc2)c1O. The Morgan fingerprint density at radius 3 is 2.50 bits per heavy atom. The molecule has 2 aromatic rings. The van der Waals surface area contributed by atoms with E-state index in [4.69, 9.17) is 5.26 Å². The number of benzene rings is 2. The summed E-state index contributed by atoms with van der Waals surface area (Å²) in [5.74, 6) is -0.747. The van der Waals surface area contributed by atoms with E-state index < -0.39 is 5.82 Å². The molecule has 0 bridgehead atoms. The smallest absolute Gasteiger partial charge is 0.140 e. The van der Waals surface area contributed by atoms with Crippen LogP contribution in [0.2, 0.25) is 0 Å². The Kier molecular flexibility index (Phi) is 3.40. The van der Waals surface area contributed by atoms with E-state index in [2.05, 4.69) is 0 Å². The molecule has 18 heavy (non-hydrogen) atoms. The molecule has 0 saturated carbocycles. The van der Waals surface area contributed by atoms with Crippen molar-refractivity contribution in [2.75, 3.05) is 0 Å². The Labute approximate surface area is 104 Å². The summed E-state index contributed by atoms with van der Waals surface area (Å²) in [4.78, 5) is 0. The molecule has 0 unspecified atom stereocenters. The number of aromatic hydroxyl groups is 1. The lowest BCUT2D eigenvalue weighted by Gasteiger charge is -2.01. The van der Waals surface area contributed by atoms with Gasteiger partial charge >= 0.3 is 0 Å². The minimum Gasteiger partial charge on any atom is -0.506 e. The third kappa shape index (κ3) is 2.55. The van der Waals surface area contributed by atoms with Crippen LogP contribution < -0.4 is 0 Å². The summed E-state index contributed by atoms with van der Waals surface area (Å²) < 4.78 is 13.2. The molecule has 0 aliphatic heterocycles. The first-order valence-electron chi connectivity index (χ1n) is 5.36. The minimum atomic E-state index is -0.544. The van der Waals surface area contributed by atoms with Crippen molar-refractivity contribution in [2.45, 2.75) is 0 Å². The second-order valence-electron chi connectivity index (χ2n) is 3.75. The van der Waals surface area contributed by atoms with Crippen LogP contribution in [-0.2, 0) is 0 Å². The number of halogens is 1. The molecule has 0 fully saturated rings. The molecule has 1 N–H and O–H groups in total.